The number of rotatable bonds is 10. The van der Waals surface area contributed by atoms with Crippen molar-refractivity contribution in [3.8, 4) is 34.7 Å². The van der Waals surface area contributed by atoms with E-state index in [4.69, 9.17) is 14.2 Å². The van der Waals surface area contributed by atoms with Crippen LogP contribution in [0, 0.1) is 0 Å². The average Bonchev–Trinajstić information content (AvgIpc) is 3.26. The highest BCUT2D eigenvalue weighted by Gasteiger charge is 2.20. The van der Waals surface area contributed by atoms with Crippen LogP contribution < -0.4 is 14.2 Å². The van der Waals surface area contributed by atoms with Crippen molar-refractivity contribution < 1.29 is 14.2 Å². The second-order valence-electron chi connectivity index (χ2n) is 6.75. The molecule has 0 aliphatic rings. The first-order chi connectivity index (χ1) is 15.4. The summed E-state index contributed by atoms with van der Waals surface area (Å²) in [6.07, 6.45) is 3.42. The van der Waals surface area contributed by atoms with Gasteiger partial charge in [0.15, 0.2) is 5.82 Å². The molecule has 0 amide bonds. The molecule has 0 radical (unpaired) electrons. The van der Waals surface area contributed by atoms with E-state index < -0.39 is 0 Å². The highest BCUT2D eigenvalue weighted by atomic mass is 16.5. The molecule has 0 fully saturated rings. The molecule has 4 aromatic rings. The van der Waals surface area contributed by atoms with E-state index in [1.54, 1.807) is 13.3 Å². The molecule has 0 saturated carbocycles. The maximum absolute atomic E-state index is 6.00. The Morgan fingerprint density at radius 3 is 2.29 bits per heavy atom. The van der Waals surface area contributed by atoms with Crippen LogP contribution in [0.3, 0.4) is 0 Å². The Labute approximate surface area is 181 Å². The molecule has 0 aliphatic heterocycles. The van der Waals surface area contributed by atoms with Gasteiger partial charge in [0.25, 0.3) is 0 Å². The normalized spacial score (nSPS) is 10.6. The largest absolute Gasteiger partial charge is 0.495 e. The predicted octanol–water partition coefficient (Wildman–Crippen LogP) is 4.58. The highest BCUT2D eigenvalue weighted by molar-refractivity contribution is 5.58. The summed E-state index contributed by atoms with van der Waals surface area (Å²) in [5.74, 6) is 2.16. The van der Waals surface area contributed by atoms with Crippen molar-refractivity contribution in [3.63, 3.8) is 0 Å². The maximum atomic E-state index is 6.00. The molecule has 0 N–H and O–H groups in total. The summed E-state index contributed by atoms with van der Waals surface area (Å²) in [7, 11) is 1.64. The summed E-state index contributed by atoms with van der Waals surface area (Å²) in [4.78, 5) is 4.42. The molecule has 0 atom stereocenters. The Morgan fingerprint density at radius 1 is 0.774 bits per heavy atom. The zero-order chi connectivity index (χ0) is 21.3. The predicted molar refractivity (Wildman–Crippen MR) is 118 cm³/mol. The summed E-state index contributed by atoms with van der Waals surface area (Å²) in [5.41, 5.74) is 1.49. The van der Waals surface area contributed by atoms with E-state index >= 15 is 0 Å². The van der Waals surface area contributed by atoms with Crippen LogP contribution in [-0.2, 0) is 0 Å². The molecule has 158 valence electrons. The van der Waals surface area contributed by atoms with Gasteiger partial charge >= 0.3 is 6.01 Å². The van der Waals surface area contributed by atoms with E-state index in [2.05, 4.69) is 15.2 Å². The topological polar surface area (TPSA) is 71.3 Å². The van der Waals surface area contributed by atoms with Crippen molar-refractivity contribution in [2.24, 2.45) is 0 Å². The SMILES string of the molecule is COc1ccccc1-n1c(OCCCCOc2ccccc2)nnc1-c1ccccn1. The van der Waals surface area contributed by atoms with Gasteiger partial charge in [-0.1, -0.05) is 41.5 Å². The van der Waals surface area contributed by atoms with Gasteiger partial charge in [0, 0.05) is 6.20 Å². The first-order valence-electron chi connectivity index (χ1n) is 10.2. The molecule has 2 heterocycles. The van der Waals surface area contributed by atoms with Crippen LogP contribution in [0.25, 0.3) is 17.2 Å². The van der Waals surface area contributed by atoms with Gasteiger partial charge in [-0.05, 0) is 49.2 Å². The molecular weight excluding hydrogens is 392 g/mol. The Morgan fingerprint density at radius 2 is 1.52 bits per heavy atom. The second-order valence-corrected chi connectivity index (χ2v) is 6.75. The Balaban J connectivity index is 1.47. The van der Waals surface area contributed by atoms with Gasteiger partial charge in [-0.3, -0.25) is 4.98 Å². The van der Waals surface area contributed by atoms with E-state index in [9.17, 15) is 0 Å². The molecule has 31 heavy (non-hydrogen) atoms. The van der Waals surface area contributed by atoms with Gasteiger partial charge in [0.2, 0.25) is 0 Å². The van der Waals surface area contributed by atoms with Crippen molar-refractivity contribution >= 4 is 0 Å². The van der Waals surface area contributed by atoms with Gasteiger partial charge in [-0.25, -0.2) is 4.57 Å². The lowest BCUT2D eigenvalue weighted by atomic mass is 10.2. The van der Waals surface area contributed by atoms with Crippen LogP contribution in [0.15, 0.2) is 79.0 Å². The van der Waals surface area contributed by atoms with Crippen LogP contribution in [0.1, 0.15) is 12.8 Å². The third kappa shape index (κ3) is 5.01. The van der Waals surface area contributed by atoms with Gasteiger partial charge in [0.1, 0.15) is 17.2 Å². The van der Waals surface area contributed by atoms with Crippen LogP contribution >= 0.6 is 0 Å². The van der Waals surface area contributed by atoms with Crippen molar-refractivity contribution in [1.82, 2.24) is 19.7 Å². The lowest BCUT2D eigenvalue weighted by molar-refractivity contribution is 0.251. The number of hydrogen-bond acceptors (Lipinski definition) is 6. The highest BCUT2D eigenvalue weighted by Crippen LogP contribution is 2.31. The summed E-state index contributed by atoms with van der Waals surface area (Å²) in [5, 5.41) is 8.61. The monoisotopic (exact) mass is 416 g/mol. The fourth-order valence-electron chi connectivity index (χ4n) is 3.13. The minimum atomic E-state index is 0.397. The first-order valence-corrected chi connectivity index (χ1v) is 10.2. The van der Waals surface area contributed by atoms with E-state index in [1.807, 2.05) is 77.4 Å². The Bertz CT molecular complexity index is 1080. The van der Waals surface area contributed by atoms with Crippen LogP contribution in [0.5, 0.6) is 17.5 Å². The minimum Gasteiger partial charge on any atom is -0.495 e. The quantitative estimate of drug-likeness (QED) is 0.353. The first kappa shape index (κ1) is 20.4. The number of methoxy groups -OCH3 is 1. The molecule has 0 spiro atoms. The third-order valence-electron chi connectivity index (χ3n) is 4.64. The smallest absolute Gasteiger partial charge is 0.322 e. The zero-order valence-electron chi connectivity index (χ0n) is 17.3. The number of unbranched alkanes of at least 4 members (excludes halogenated alkanes) is 1. The molecule has 4 rings (SSSR count). The average molecular weight is 416 g/mol. The number of aromatic nitrogens is 4. The summed E-state index contributed by atoms with van der Waals surface area (Å²) in [6, 6.07) is 23.5. The molecule has 0 aliphatic carbocycles. The molecule has 2 aromatic carbocycles. The van der Waals surface area contributed by atoms with Crippen LogP contribution in [0.2, 0.25) is 0 Å². The van der Waals surface area contributed by atoms with E-state index in [-0.39, 0.29) is 0 Å². The van der Waals surface area contributed by atoms with Gasteiger partial charge in [-0.2, -0.15) is 0 Å². The molecule has 2 aromatic heterocycles. The summed E-state index contributed by atoms with van der Waals surface area (Å²) in [6.45, 7) is 1.12. The maximum Gasteiger partial charge on any atom is 0.322 e. The zero-order valence-corrected chi connectivity index (χ0v) is 17.3. The fraction of sp³-hybridized carbons (Fsp3) is 0.208. The molecule has 0 saturated heterocycles. The van der Waals surface area contributed by atoms with Crippen molar-refractivity contribution in [1.29, 1.82) is 0 Å². The van der Waals surface area contributed by atoms with Crippen molar-refractivity contribution in [3.05, 3.63) is 79.0 Å². The standard InChI is InChI=1S/C24H24N4O3/c1-29-22-15-6-5-14-21(22)28-23(20-13-7-8-16-25-20)26-27-24(28)31-18-10-9-17-30-19-11-3-2-4-12-19/h2-8,11-16H,9-10,17-18H2,1H3. The van der Waals surface area contributed by atoms with E-state index in [1.165, 1.54) is 0 Å². The number of pyridine rings is 1. The fourth-order valence-corrected chi connectivity index (χ4v) is 3.13. The van der Waals surface area contributed by atoms with Crippen molar-refractivity contribution in [2.45, 2.75) is 12.8 Å². The van der Waals surface area contributed by atoms with Crippen molar-refractivity contribution in [2.75, 3.05) is 20.3 Å². The Hall–Kier alpha value is -3.87. The number of ether oxygens (including phenoxy) is 3. The number of nitrogens with zero attached hydrogens (tertiary/aromatic N) is 4. The summed E-state index contributed by atoms with van der Waals surface area (Å²) < 4.78 is 19.1. The number of para-hydroxylation sites is 3. The minimum absolute atomic E-state index is 0.397. The van der Waals surface area contributed by atoms with Gasteiger partial charge in [-0.15, -0.1) is 5.10 Å². The number of benzene rings is 2. The van der Waals surface area contributed by atoms with E-state index in [0.29, 0.717) is 36.5 Å². The van der Waals surface area contributed by atoms with Crippen LogP contribution in [-0.4, -0.2) is 40.1 Å². The third-order valence-corrected chi connectivity index (χ3v) is 4.64. The van der Waals surface area contributed by atoms with E-state index in [0.717, 1.165) is 24.3 Å². The lowest BCUT2D eigenvalue weighted by Gasteiger charge is -2.14. The van der Waals surface area contributed by atoms with Gasteiger partial charge in [0.05, 0.1) is 26.0 Å². The van der Waals surface area contributed by atoms with Crippen LogP contribution in [0.4, 0.5) is 0 Å². The lowest BCUT2D eigenvalue weighted by Crippen LogP contribution is -2.08. The number of hydrogen-bond donors (Lipinski definition) is 0. The molecule has 7 heteroatoms. The molecule has 0 bridgehead atoms. The molecular formula is C24H24N4O3. The second kappa shape index (κ2) is 10.2. The molecule has 7 nitrogen and oxygen atoms in total. The summed E-state index contributed by atoms with van der Waals surface area (Å²) >= 11 is 0. The Kier molecular flexibility index (Phi) is 6.74. The molecule has 0 unspecified atom stereocenters. The van der Waals surface area contributed by atoms with Gasteiger partial charge < -0.3 is 14.2 Å².